The number of nitrogens with zero attached hydrogens (tertiary/aromatic N) is 2. The molecular weight excluding hydrogens is 500 g/mol. The quantitative estimate of drug-likeness (QED) is 0.184. The van der Waals surface area contributed by atoms with Crippen molar-refractivity contribution in [3.05, 3.63) is 53.1 Å². The number of rotatable bonds is 12. The number of carbonyl (C=O) groups excluding carboxylic acids is 2. The molecule has 1 saturated heterocycles. The Kier molecular flexibility index (Phi) is 9.35. The molecule has 1 atom stereocenters. The van der Waals surface area contributed by atoms with Crippen LogP contribution in [0.25, 0.3) is 5.76 Å². The van der Waals surface area contributed by atoms with Gasteiger partial charge in [0.25, 0.3) is 11.7 Å². The summed E-state index contributed by atoms with van der Waals surface area (Å²) in [5.41, 5.74) is 1.06. The van der Waals surface area contributed by atoms with Gasteiger partial charge in [-0.25, -0.2) is 0 Å². The molecule has 0 spiro atoms. The Hall–Kier alpha value is -3.72. The molecule has 210 valence electrons. The molecule has 0 saturated carbocycles. The van der Waals surface area contributed by atoms with Gasteiger partial charge in [0.15, 0.2) is 23.0 Å². The molecule has 9 heteroatoms. The highest BCUT2D eigenvalue weighted by atomic mass is 16.6. The highest BCUT2D eigenvalue weighted by Gasteiger charge is 2.46. The fourth-order valence-electron chi connectivity index (χ4n) is 4.77. The number of aliphatic hydroxyl groups is 1. The fourth-order valence-corrected chi connectivity index (χ4v) is 4.77. The van der Waals surface area contributed by atoms with Crippen LogP contribution in [0.4, 0.5) is 0 Å². The van der Waals surface area contributed by atoms with Crippen LogP contribution in [-0.2, 0) is 9.59 Å². The summed E-state index contributed by atoms with van der Waals surface area (Å²) in [6, 6.07) is 9.64. The molecule has 2 aromatic rings. The second-order valence-corrected chi connectivity index (χ2v) is 9.85. The number of fused-ring (bicyclic) bond motifs is 1. The number of benzene rings is 2. The van der Waals surface area contributed by atoms with Crippen molar-refractivity contribution in [3.63, 3.8) is 0 Å². The van der Waals surface area contributed by atoms with Crippen LogP contribution >= 0.6 is 0 Å². The molecule has 2 aliphatic heterocycles. The topological polar surface area (TPSA) is 97.8 Å². The summed E-state index contributed by atoms with van der Waals surface area (Å²) in [6.07, 6.45) is 2.58. The second-order valence-electron chi connectivity index (χ2n) is 9.85. The fraction of sp³-hybridized carbons (Fsp3) is 0.467. The van der Waals surface area contributed by atoms with E-state index in [0.29, 0.717) is 73.5 Å². The highest BCUT2D eigenvalue weighted by Crippen LogP contribution is 2.43. The third-order valence-corrected chi connectivity index (χ3v) is 6.70. The zero-order valence-corrected chi connectivity index (χ0v) is 23.2. The van der Waals surface area contributed by atoms with E-state index in [1.54, 1.807) is 30.3 Å². The number of amides is 1. The van der Waals surface area contributed by atoms with Crippen LogP contribution in [0, 0.1) is 0 Å². The Morgan fingerprint density at radius 2 is 1.77 bits per heavy atom. The standard InChI is InChI=1S/C30H38N2O7/c1-5-7-15-37-22-11-9-20(18-24(22)36-6-2)27-26(29(34)30(35)32(27)14-8-13-31(3)4)28(33)21-10-12-23-25(19-21)39-17-16-38-23/h9-12,18-19,27,33H,5-8,13-17H2,1-4H3/b28-26-. The largest absolute Gasteiger partial charge is 0.507 e. The summed E-state index contributed by atoms with van der Waals surface area (Å²) in [7, 11) is 3.91. The minimum atomic E-state index is -0.788. The Labute approximate surface area is 229 Å². The smallest absolute Gasteiger partial charge is 0.295 e. The first kappa shape index (κ1) is 28.3. The van der Waals surface area contributed by atoms with Gasteiger partial charge in [-0.2, -0.15) is 0 Å². The van der Waals surface area contributed by atoms with Gasteiger partial charge >= 0.3 is 0 Å². The van der Waals surface area contributed by atoms with Crippen LogP contribution in [0.2, 0.25) is 0 Å². The maximum absolute atomic E-state index is 13.4. The number of Topliss-reactive ketones (excluding diaryl/α,β-unsaturated/α-hetero) is 1. The number of carbonyl (C=O) groups is 2. The highest BCUT2D eigenvalue weighted by molar-refractivity contribution is 6.46. The zero-order chi connectivity index (χ0) is 27.9. The summed E-state index contributed by atoms with van der Waals surface area (Å²) in [5.74, 6) is 0.562. The van der Waals surface area contributed by atoms with Gasteiger partial charge in [0.05, 0.1) is 24.8 Å². The average Bonchev–Trinajstić information content (AvgIpc) is 3.18. The molecular formula is C30H38N2O7. The first-order chi connectivity index (χ1) is 18.8. The molecule has 0 bridgehead atoms. The number of likely N-dealkylation sites (tertiary alicyclic amines) is 1. The van der Waals surface area contributed by atoms with Gasteiger partial charge in [0.2, 0.25) is 0 Å². The van der Waals surface area contributed by atoms with E-state index in [0.717, 1.165) is 19.4 Å². The number of aliphatic hydroxyl groups excluding tert-OH is 1. The molecule has 0 aromatic heterocycles. The maximum Gasteiger partial charge on any atom is 0.295 e. The SMILES string of the molecule is CCCCOc1ccc(C2/C(=C(/O)c3ccc4c(c3)OCCO4)C(=O)C(=O)N2CCCN(C)C)cc1OCC. The van der Waals surface area contributed by atoms with Gasteiger partial charge in [0.1, 0.15) is 19.0 Å². The summed E-state index contributed by atoms with van der Waals surface area (Å²) >= 11 is 0. The van der Waals surface area contributed by atoms with Gasteiger partial charge in [0, 0.05) is 12.1 Å². The van der Waals surface area contributed by atoms with Crippen LogP contribution in [0.15, 0.2) is 42.0 Å². The summed E-state index contributed by atoms with van der Waals surface area (Å²) in [5, 5.41) is 11.5. The lowest BCUT2D eigenvalue weighted by Crippen LogP contribution is -2.32. The third kappa shape index (κ3) is 6.30. The van der Waals surface area contributed by atoms with E-state index < -0.39 is 17.7 Å². The van der Waals surface area contributed by atoms with E-state index in [1.165, 1.54) is 4.90 Å². The monoisotopic (exact) mass is 538 g/mol. The predicted octanol–water partition coefficient (Wildman–Crippen LogP) is 4.41. The van der Waals surface area contributed by atoms with E-state index in [2.05, 4.69) is 6.92 Å². The minimum absolute atomic E-state index is 0.0311. The van der Waals surface area contributed by atoms with E-state index in [1.807, 2.05) is 32.0 Å². The number of ketones is 1. The number of ether oxygens (including phenoxy) is 4. The van der Waals surface area contributed by atoms with Crippen molar-refractivity contribution in [2.24, 2.45) is 0 Å². The molecule has 1 amide bonds. The Balaban J connectivity index is 1.78. The van der Waals surface area contributed by atoms with E-state index >= 15 is 0 Å². The Morgan fingerprint density at radius 3 is 2.49 bits per heavy atom. The van der Waals surface area contributed by atoms with Crippen LogP contribution in [0.5, 0.6) is 23.0 Å². The normalized spacial score (nSPS) is 18.1. The van der Waals surface area contributed by atoms with E-state index in [9.17, 15) is 14.7 Å². The van der Waals surface area contributed by atoms with Crippen LogP contribution < -0.4 is 18.9 Å². The molecule has 1 unspecified atom stereocenters. The molecule has 0 aliphatic carbocycles. The first-order valence-corrected chi connectivity index (χ1v) is 13.6. The van der Waals surface area contributed by atoms with Gasteiger partial charge < -0.3 is 33.9 Å². The van der Waals surface area contributed by atoms with E-state index in [4.69, 9.17) is 18.9 Å². The number of unbranched alkanes of at least 4 members (excludes halogenated alkanes) is 1. The Bertz CT molecular complexity index is 1220. The molecule has 4 rings (SSSR count). The number of hydrogen-bond acceptors (Lipinski definition) is 8. The van der Waals surface area contributed by atoms with Gasteiger partial charge in [-0.15, -0.1) is 0 Å². The lowest BCUT2D eigenvalue weighted by Gasteiger charge is -2.27. The zero-order valence-electron chi connectivity index (χ0n) is 23.2. The average molecular weight is 539 g/mol. The van der Waals surface area contributed by atoms with Crippen molar-refractivity contribution in [1.29, 1.82) is 0 Å². The van der Waals surface area contributed by atoms with Crippen LogP contribution in [-0.4, -0.2) is 80.2 Å². The molecule has 2 aliphatic rings. The molecule has 1 fully saturated rings. The first-order valence-electron chi connectivity index (χ1n) is 13.6. The number of hydrogen-bond donors (Lipinski definition) is 1. The van der Waals surface area contributed by atoms with Crippen molar-refractivity contribution in [1.82, 2.24) is 9.80 Å². The van der Waals surface area contributed by atoms with Gasteiger partial charge in [-0.3, -0.25) is 9.59 Å². The van der Waals surface area contributed by atoms with Crippen LogP contribution in [0.1, 0.15) is 50.3 Å². The minimum Gasteiger partial charge on any atom is -0.507 e. The Morgan fingerprint density at radius 1 is 1.00 bits per heavy atom. The lowest BCUT2D eigenvalue weighted by atomic mass is 9.94. The summed E-state index contributed by atoms with van der Waals surface area (Å²) in [4.78, 5) is 30.3. The van der Waals surface area contributed by atoms with E-state index in [-0.39, 0.29) is 11.3 Å². The second kappa shape index (κ2) is 12.9. The summed E-state index contributed by atoms with van der Waals surface area (Å²) in [6.45, 7) is 6.89. The lowest BCUT2D eigenvalue weighted by molar-refractivity contribution is -0.139. The van der Waals surface area contributed by atoms with Crippen molar-refractivity contribution in [2.75, 3.05) is 53.6 Å². The van der Waals surface area contributed by atoms with Crippen molar-refractivity contribution in [3.8, 4) is 23.0 Å². The molecule has 2 heterocycles. The predicted molar refractivity (Wildman–Crippen MR) is 148 cm³/mol. The van der Waals surface area contributed by atoms with Crippen molar-refractivity contribution >= 4 is 17.4 Å². The molecule has 2 aromatic carbocycles. The molecule has 1 N–H and O–H groups in total. The van der Waals surface area contributed by atoms with Crippen LogP contribution in [0.3, 0.4) is 0 Å². The summed E-state index contributed by atoms with van der Waals surface area (Å²) < 4.78 is 23.1. The van der Waals surface area contributed by atoms with Gasteiger partial charge in [-0.1, -0.05) is 19.4 Å². The maximum atomic E-state index is 13.4. The molecule has 0 radical (unpaired) electrons. The third-order valence-electron chi connectivity index (χ3n) is 6.70. The molecule has 9 nitrogen and oxygen atoms in total. The molecule has 39 heavy (non-hydrogen) atoms. The van der Waals surface area contributed by atoms with Crippen molar-refractivity contribution in [2.45, 2.75) is 39.2 Å². The van der Waals surface area contributed by atoms with Crippen molar-refractivity contribution < 1.29 is 33.6 Å². The van der Waals surface area contributed by atoms with Gasteiger partial charge in [-0.05, 0) is 76.3 Å².